The lowest BCUT2D eigenvalue weighted by Gasteiger charge is -2.34. The van der Waals surface area contributed by atoms with Crippen LogP contribution in [-0.2, 0) is 9.53 Å². The van der Waals surface area contributed by atoms with Crippen LogP contribution < -0.4 is 0 Å². The van der Waals surface area contributed by atoms with Gasteiger partial charge in [-0.15, -0.1) is 0 Å². The second kappa shape index (κ2) is 3.66. The highest BCUT2D eigenvalue weighted by molar-refractivity contribution is 5.73. The number of carbonyl (C=O) groups is 1. The van der Waals surface area contributed by atoms with Crippen LogP contribution in [0, 0.1) is 11.8 Å². The fourth-order valence-corrected chi connectivity index (χ4v) is 1.46. The molecule has 0 bridgehead atoms. The van der Waals surface area contributed by atoms with E-state index < -0.39 is 0 Å². The molecule has 1 aliphatic rings. The smallest absolute Gasteiger partial charge is 0.309 e. The van der Waals surface area contributed by atoms with Crippen molar-refractivity contribution >= 4 is 5.97 Å². The zero-order valence-corrected chi connectivity index (χ0v) is 8.54. The highest BCUT2D eigenvalue weighted by atomic mass is 16.6. The van der Waals surface area contributed by atoms with Crippen LogP contribution in [-0.4, -0.2) is 23.3 Å². The van der Waals surface area contributed by atoms with Crippen molar-refractivity contribution in [3.63, 3.8) is 0 Å². The molecular formula is C10H18O3. The number of aliphatic hydroxyl groups excluding tert-OH is 1. The van der Waals surface area contributed by atoms with Crippen molar-refractivity contribution in [2.24, 2.45) is 11.8 Å². The molecule has 1 saturated carbocycles. The van der Waals surface area contributed by atoms with Crippen molar-refractivity contribution < 1.29 is 14.6 Å². The van der Waals surface area contributed by atoms with Gasteiger partial charge in [-0.25, -0.2) is 0 Å². The number of esters is 1. The van der Waals surface area contributed by atoms with Gasteiger partial charge in [0, 0.05) is 6.61 Å². The molecule has 1 aliphatic carbocycles. The van der Waals surface area contributed by atoms with Gasteiger partial charge in [0.15, 0.2) is 0 Å². The van der Waals surface area contributed by atoms with Crippen LogP contribution in [0.4, 0.5) is 0 Å². The second-order valence-corrected chi connectivity index (χ2v) is 4.75. The molecule has 1 N–H and O–H groups in total. The summed E-state index contributed by atoms with van der Waals surface area (Å²) in [5.41, 5.74) is -0.388. The predicted molar refractivity (Wildman–Crippen MR) is 49.1 cm³/mol. The molecule has 3 heteroatoms. The summed E-state index contributed by atoms with van der Waals surface area (Å²) in [5, 5.41) is 8.77. The van der Waals surface area contributed by atoms with E-state index in [0.717, 1.165) is 12.8 Å². The van der Waals surface area contributed by atoms with Crippen molar-refractivity contribution in [3.8, 4) is 0 Å². The van der Waals surface area contributed by atoms with Crippen molar-refractivity contribution in [2.45, 2.75) is 39.2 Å². The molecule has 1 fully saturated rings. The Morgan fingerprint density at radius 2 is 2.00 bits per heavy atom. The standard InChI is InChI=1S/C10H18O3/c1-10(2,3)13-9(12)8-4-7(5-8)6-11/h7-8,11H,4-6H2,1-3H3. The van der Waals surface area contributed by atoms with E-state index in [0.29, 0.717) is 5.92 Å². The fraction of sp³-hybridized carbons (Fsp3) is 0.900. The van der Waals surface area contributed by atoms with E-state index in [9.17, 15) is 4.79 Å². The maximum Gasteiger partial charge on any atom is 0.309 e. The van der Waals surface area contributed by atoms with Gasteiger partial charge in [0.1, 0.15) is 5.60 Å². The molecule has 1 rings (SSSR count). The van der Waals surface area contributed by atoms with E-state index in [-0.39, 0.29) is 24.1 Å². The van der Waals surface area contributed by atoms with E-state index >= 15 is 0 Å². The van der Waals surface area contributed by atoms with Gasteiger partial charge in [0.2, 0.25) is 0 Å². The topological polar surface area (TPSA) is 46.5 Å². The quantitative estimate of drug-likeness (QED) is 0.662. The maximum absolute atomic E-state index is 11.4. The van der Waals surface area contributed by atoms with Crippen molar-refractivity contribution in [3.05, 3.63) is 0 Å². The Hall–Kier alpha value is -0.570. The summed E-state index contributed by atoms with van der Waals surface area (Å²) in [5.74, 6) is 0.228. The van der Waals surface area contributed by atoms with Gasteiger partial charge < -0.3 is 9.84 Å². The van der Waals surface area contributed by atoms with E-state index in [1.54, 1.807) is 0 Å². The van der Waals surface area contributed by atoms with Crippen LogP contribution in [0.5, 0.6) is 0 Å². The minimum atomic E-state index is -0.388. The summed E-state index contributed by atoms with van der Waals surface area (Å²) in [4.78, 5) is 11.4. The molecule has 0 aromatic heterocycles. The lowest BCUT2D eigenvalue weighted by Crippen LogP contribution is -2.37. The lowest BCUT2D eigenvalue weighted by atomic mass is 9.75. The van der Waals surface area contributed by atoms with E-state index in [2.05, 4.69) is 0 Å². The number of hydrogen-bond donors (Lipinski definition) is 1. The largest absolute Gasteiger partial charge is 0.460 e. The first-order valence-corrected chi connectivity index (χ1v) is 4.76. The molecular weight excluding hydrogens is 168 g/mol. The van der Waals surface area contributed by atoms with Gasteiger partial charge in [0.25, 0.3) is 0 Å². The molecule has 0 spiro atoms. The third-order valence-electron chi connectivity index (χ3n) is 2.23. The summed E-state index contributed by atoms with van der Waals surface area (Å²) < 4.78 is 5.21. The van der Waals surface area contributed by atoms with Gasteiger partial charge in [-0.05, 0) is 39.5 Å². The SMILES string of the molecule is CC(C)(C)OC(=O)C1CC(CO)C1. The maximum atomic E-state index is 11.4. The molecule has 0 aliphatic heterocycles. The first-order valence-electron chi connectivity index (χ1n) is 4.76. The Kier molecular flexibility index (Phi) is 2.96. The summed E-state index contributed by atoms with van der Waals surface area (Å²) in [6, 6.07) is 0. The van der Waals surface area contributed by atoms with Gasteiger partial charge in [-0.3, -0.25) is 4.79 Å². The Morgan fingerprint density at radius 3 is 2.38 bits per heavy atom. The number of hydrogen-bond acceptors (Lipinski definition) is 3. The molecule has 0 atom stereocenters. The summed E-state index contributed by atoms with van der Waals surface area (Å²) in [6.45, 7) is 5.80. The van der Waals surface area contributed by atoms with Gasteiger partial charge in [0.05, 0.1) is 5.92 Å². The summed E-state index contributed by atoms with van der Waals surface area (Å²) in [7, 11) is 0. The zero-order valence-electron chi connectivity index (χ0n) is 8.54. The Balaban J connectivity index is 2.27. The second-order valence-electron chi connectivity index (χ2n) is 4.75. The van der Waals surface area contributed by atoms with Crippen LogP contribution >= 0.6 is 0 Å². The van der Waals surface area contributed by atoms with Gasteiger partial charge >= 0.3 is 5.97 Å². The summed E-state index contributed by atoms with van der Waals surface area (Å²) in [6.07, 6.45) is 1.57. The molecule has 13 heavy (non-hydrogen) atoms. The Labute approximate surface area is 79.1 Å². The first-order chi connectivity index (χ1) is 5.92. The molecule has 0 aromatic rings. The Morgan fingerprint density at radius 1 is 1.46 bits per heavy atom. The first kappa shape index (κ1) is 10.5. The van der Waals surface area contributed by atoms with Crippen LogP contribution in [0.2, 0.25) is 0 Å². The summed E-state index contributed by atoms with van der Waals surface area (Å²) >= 11 is 0. The monoisotopic (exact) mass is 186 g/mol. The molecule has 3 nitrogen and oxygen atoms in total. The molecule has 0 saturated heterocycles. The zero-order chi connectivity index (χ0) is 10.1. The van der Waals surface area contributed by atoms with Crippen LogP contribution in [0.3, 0.4) is 0 Å². The Bertz CT molecular complexity index is 187. The predicted octanol–water partition coefficient (Wildman–Crippen LogP) is 1.35. The van der Waals surface area contributed by atoms with E-state index in [1.165, 1.54) is 0 Å². The minimum Gasteiger partial charge on any atom is -0.460 e. The minimum absolute atomic E-state index is 0.0244. The van der Waals surface area contributed by atoms with Gasteiger partial charge in [-0.2, -0.15) is 0 Å². The van der Waals surface area contributed by atoms with Crippen molar-refractivity contribution in [1.29, 1.82) is 0 Å². The third kappa shape index (κ3) is 2.99. The van der Waals surface area contributed by atoms with Crippen LogP contribution in [0.25, 0.3) is 0 Å². The van der Waals surface area contributed by atoms with E-state index in [1.807, 2.05) is 20.8 Å². The van der Waals surface area contributed by atoms with Crippen LogP contribution in [0.15, 0.2) is 0 Å². The number of rotatable bonds is 2. The lowest BCUT2D eigenvalue weighted by molar-refractivity contribution is -0.165. The highest BCUT2D eigenvalue weighted by Crippen LogP contribution is 2.34. The average molecular weight is 186 g/mol. The molecule has 0 amide bonds. The fourth-order valence-electron chi connectivity index (χ4n) is 1.46. The molecule has 0 aromatic carbocycles. The third-order valence-corrected chi connectivity index (χ3v) is 2.23. The normalized spacial score (nSPS) is 28.0. The van der Waals surface area contributed by atoms with E-state index in [4.69, 9.17) is 9.84 Å². The molecule has 0 radical (unpaired) electrons. The van der Waals surface area contributed by atoms with Crippen molar-refractivity contribution in [2.75, 3.05) is 6.61 Å². The molecule has 0 unspecified atom stereocenters. The molecule has 0 heterocycles. The average Bonchev–Trinajstić information content (AvgIpc) is 1.79. The molecule has 76 valence electrons. The number of carbonyl (C=O) groups excluding carboxylic acids is 1. The highest BCUT2D eigenvalue weighted by Gasteiger charge is 2.36. The number of ether oxygens (including phenoxy) is 1. The van der Waals surface area contributed by atoms with Gasteiger partial charge in [-0.1, -0.05) is 0 Å². The van der Waals surface area contributed by atoms with Crippen LogP contribution in [0.1, 0.15) is 33.6 Å². The number of aliphatic hydroxyl groups is 1. The van der Waals surface area contributed by atoms with Crippen molar-refractivity contribution in [1.82, 2.24) is 0 Å².